The summed E-state index contributed by atoms with van der Waals surface area (Å²) < 4.78 is 12.0. The van der Waals surface area contributed by atoms with Gasteiger partial charge in [-0.3, -0.25) is 9.69 Å². The first-order chi connectivity index (χ1) is 14.2. The number of carbonyl (C=O) groups excluding carboxylic acids is 1. The minimum atomic E-state index is -0.106. The van der Waals surface area contributed by atoms with Crippen molar-refractivity contribution in [3.8, 4) is 5.75 Å². The summed E-state index contributed by atoms with van der Waals surface area (Å²) >= 11 is 5.99. The molecule has 29 heavy (non-hydrogen) atoms. The van der Waals surface area contributed by atoms with Gasteiger partial charge in [-0.05, 0) is 48.6 Å². The monoisotopic (exact) mass is 414 g/mol. The Hall–Kier alpha value is -2.08. The van der Waals surface area contributed by atoms with E-state index in [1.807, 2.05) is 42.5 Å². The quantitative estimate of drug-likeness (QED) is 0.817. The van der Waals surface area contributed by atoms with Crippen LogP contribution in [-0.2, 0) is 22.5 Å². The number of halogens is 1. The molecule has 0 saturated carbocycles. The van der Waals surface area contributed by atoms with Crippen molar-refractivity contribution in [1.29, 1.82) is 0 Å². The molecule has 0 spiro atoms. The third kappa shape index (κ3) is 5.50. The second-order valence-electron chi connectivity index (χ2n) is 7.76. The second-order valence-corrected chi connectivity index (χ2v) is 8.19. The molecule has 0 radical (unpaired) electrons. The summed E-state index contributed by atoms with van der Waals surface area (Å²) in [5.74, 6) is 0.696. The molecule has 2 aliphatic rings. The minimum Gasteiger partial charge on any atom is -0.483 e. The van der Waals surface area contributed by atoms with E-state index in [1.165, 1.54) is 5.56 Å². The van der Waals surface area contributed by atoms with Crippen LogP contribution in [0.15, 0.2) is 48.5 Å². The molecule has 1 fully saturated rings. The van der Waals surface area contributed by atoms with Crippen molar-refractivity contribution in [2.75, 3.05) is 26.3 Å². The highest BCUT2D eigenvalue weighted by atomic mass is 35.5. The predicted octanol–water partition coefficient (Wildman–Crippen LogP) is 3.44. The fourth-order valence-corrected chi connectivity index (χ4v) is 4.16. The van der Waals surface area contributed by atoms with Crippen LogP contribution in [0.5, 0.6) is 5.75 Å². The van der Waals surface area contributed by atoms with Gasteiger partial charge in [0.2, 0.25) is 0 Å². The van der Waals surface area contributed by atoms with E-state index in [0.717, 1.165) is 55.2 Å². The smallest absolute Gasteiger partial charge is 0.258 e. The molecule has 0 unspecified atom stereocenters. The maximum atomic E-state index is 12.5. The van der Waals surface area contributed by atoms with Crippen molar-refractivity contribution in [2.24, 2.45) is 0 Å². The number of para-hydroxylation sites is 1. The molecule has 2 aromatic carbocycles. The summed E-state index contributed by atoms with van der Waals surface area (Å²) in [6.07, 6.45) is 2.95. The number of aryl methyl sites for hydroxylation is 1. The molecule has 0 aromatic heterocycles. The Kier molecular flexibility index (Phi) is 6.70. The third-order valence-electron chi connectivity index (χ3n) is 5.51. The van der Waals surface area contributed by atoms with E-state index in [2.05, 4.69) is 16.3 Å². The zero-order valence-corrected chi connectivity index (χ0v) is 17.2. The molecule has 2 heterocycles. The number of rotatable bonds is 2. The van der Waals surface area contributed by atoms with Crippen LogP contribution in [0.4, 0.5) is 0 Å². The van der Waals surface area contributed by atoms with Gasteiger partial charge >= 0.3 is 0 Å². The Morgan fingerprint density at radius 3 is 2.76 bits per heavy atom. The predicted molar refractivity (Wildman–Crippen MR) is 113 cm³/mol. The molecule has 2 aromatic rings. The maximum Gasteiger partial charge on any atom is 0.258 e. The van der Waals surface area contributed by atoms with E-state index < -0.39 is 0 Å². The summed E-state index contributed by atoms with van der Waals surface area (Å²) in [6.45, 7) is 3.10. The molecule has 1 amide bonds. The van der Waals surface area contributed by atoms with Gasteiger partial charge in [-0.15, -0.1) is 0 Å². The Labute approximate surface area is 176 Å². The average molecular weight is 415 g/mol. The van der Waals surface area contributed by atoms with Crippen LogP contribution in [0.2, 0.25) is 5.02 Å². The molecule has 154 valence electrons. The number of nitrogens with one attached hydrogen (secondary N) is 1. The lowest BCUT2D eigenvalue weighted by molar-refractivity contribution is -0.124. The molecule has 0 bridgehead atoms. The van der Waals surface area contributed by atoms with E-state index in [0.29, 0.717) is 6.61 Å². The van der Waals surface area contributed by atoms with Crippen molar-refractivity contribution in [2.45, 2.75) is 38.0 Å². The van der Waals surface area contributed by atoms with Gasteiger partial charge in [0.1, 0.15) is 5.75 Å². The summed E-state index contributed by atoms with van der Waals surface area (Å²) in [6, 6.07) is 15.8. The van der Waals surface area contributed by atoms with Crippen molar-refractivity contribution in [1.82, 2.24) is 10.2 Å². The molecule has 6 heteroatoms. The molecule has 1 N–H and O–H groups in total. The Morgan fingerprint density at radius 2 is 1.90 bits per heavy atom. The summed E-state index contributed by atoms with van der Waals surface area (Å²) in [7, 11) is 0. The van der Waals surface area contributed by atoms with Gasteiger partial charge in [-0.1, -0.05) is 41.9 Å². The van der Waals surface area contributed by atoms with Crippen LogP contribution in [-0.4, -0.2) is 49.3 Å². The van der Waals surface area contributed by atoms with E-state index in [4.69, 9.17) is 21.1 Å². The lowest BCUT2D eigenvalue weighted by atomic mass is 10.1. The Balaban J connectivity index is 1.41. The van der Waals surface area contributed by atoms with Gasteiger partial charge in [-0.25, -0.2) is 0 Å². The molecular formula is C23H27ClN2O3. The van der Waals surface area contributed by atoms with E-state index in [1.54, 1.807) is 0 Å². The second kappa shape index (κ2) is 9.61. The number of amides is 1. The molecule has 2 atom stereocenters. The van der Waals surface area contributed by atoms with E-state index in [-0.39, 0.29) is 24.7 Å². The molecule has 0 aliphatic carbocycles. The zero-order valence-electron chi connectivity index (χ0n) is 16.5. The molecule has 4 rings (SSSR count). The average Bonchev–Trinajstić information content (AvgIpc) is 3.09. The van der Waals surface area contributed by atoms with Gasteiger partial charge in [0.15, 0.2) is 6.61 Å². The van der Waals surface area contributed by atoms with Gasteiger partial charge in [-0.2, -0.15) is 0 Å². The molecular weight excluding hydrogens is 388 g/mol. The largest absolute Gasteiger partial charge is 0.483 e. The number of ether oxygens (including phenoxy) is 2. The fourth-order valence-electron chi connectivity index (χ4n) is 4.03. The third-order valence-corrected chi connectivity index (χ3v) is 5.76. The topological polar surface area (TPSA) is 50.8 Å². The lowest BCUT2D eigenvalue weighted by Crippen LogP contribution is -2.45. The highest BCUT2D eigenvalue weighted by molar-refractivity contribution is 6.30. The van der Waals surface area contributed by atoms with Crippen LogP contribution in [0, 0.1) is 0 Å². The number of likely N-dealkylation sites (tertiary alicyclic amines) is 1. The van der Waals surface area contributed by atoms with Crippen molar-refractivity contribution in [3.05, 3.63) is 64.7 Å². The lowest BCUT2D eigenvalue weighted by Gasteiger charge is -2.20. The van der Waals surface area contributed by atoms with Crippen molar-refractivity contribution in [3.63, 3.8) is 0 Å². The number of hydrogen-bond donors (Lipinski definition) is 1. The first-order valence-corrected chi connectivity index (χ1v) is 10.6. The van der Waals surface area contributed by atoms with Crippen LogP contribution < -0.4 is 10.1 Å². The van der Waals surface area contributed by atoms with E-state index in [9.17, 15) is 4.79 Å². The van der Waals surface area contributed by atoms with Crippen LogP contribution >= 0.6 is 11.6 Å². The number of benzene rings is 2. The van der Waals surface area contributed by atoms with Crippen molar-refractivity contribution >= 4 is 17.5 Å². The maximum absolute atomic E-state index is 12.5. The summed E-state index contributed by atoms with van der Waals surface area (Å²) in [5, 5.41) is 3.86. The Morgan fingerprint density at radius 1 is 1.07 bits per heavy atom. The number of nitrogens with zero attached hydrogens (tertiary/aromatic N) is 1. The first-order valence-electron chi connectivity index (χ1n) is 10.3. The van der Waals surface area contributed by atoms with E-state index >= 15 is 0 Å². The van der Waals surface area contributed by atoms with Gasteiger partial charge < -0.3 is 14.8 Å². The van der Waals surface area contributed by atoms with Crippen LogP contribution in [0.25, 0.3) is 0 Å². The number of carbonyl (C=O) groups is 1. The first kappa shape index (κ1) is 20.2. The molecule has 1 saturated heterocycles. The van der Waals surface area contributed by atoms with Crippen LogP contribution in [0.1, 0.15) is 24.0 Å². The molecule has 5 nitrogen and oxygen atoms in total. The summed E-state index contributed by atoms with van der Waals surface area (Å²) in [4.78, 5) is 14.8. The van der Waals surface area contributed by atoms with Crippen molar-refractivity contribution < 1.29 is 14.3 Å². The standard InChI is InChI=1S/C23H27ClN2O3/c24-19-10-8-17(9-11-19)13-26-14-20-22(15-26)28-12-4-3-6-18-5-1-2-7-21(18)29-16-23(27)25-20/h1-2,5,7-11,20,22H,3-4,6,12-16H2,(H,25,27)/t20-,22-/m1/s1. The number of fused-ring (bicyclic) bond motifs is 2. The van der Waals surface area contributed by atoms with Crippen LogP contribution in [0.3, 0.4) is 0 Å². The SMILES string of the molecule is O=C1COc2ccccc2CCCCO[C@@H]2CN(Cc3ccc(Cl)cc3)C[C@H]2N1. The normalized spacial score (nSPS) is 23.6. The highest BCUT2D eigenvalue weighted by Crippen LogP contribution is 2.22. The van der Waals surface area contributed by atoms with Gasteiger partial charge in [0, 0.05) is 31.3 Å². The van der Waals surface area contributed by atoms with Gasteiger partial charge in [0.25, 0.3) is 5.91 Å². The molecule has 2 aliphatic heterocycles. The fraction of sp³-hybridized carbons (Fsp3) is 0.435. The number of hydrogen-bond acceptors (Lipinski definition) is 4. The summed E-state index contributed by atoms with van der Waals surface area (Å²) in [5.41, 5.74) is 2.35. The minimum absolute atomic E-state index is 0.00521. The van der Waals surface area contributed by atoms with Gasteiger partial charge in [0.05, 0.1) is 12.1 Å². The highest BCUT2D eigenvalue weighted by Gasteiger charge is 2.34. The Bertz CT molecular complexity index is 827. The zero-order chi connectivity index (χ0) is 20.1.